The van der Waals surface area contributed by atoms with Crippen molar-refractivity contribution in [2.75, 3.05) is 13.6 Å². The number of rotatable bonds is 4. The number of hydrogen-bond acceptors (Lipinski definition) is 4. The number of benzene rings is 1. The molecule has 0 aliphatic rings. The molecule has 1 aromatic rings. The lowest BCUT2D eigenvalue weighted by molar-refractivity contribution is -0.384. The highest BCUT2D eigenvalue weighted by molar-refractivity contribution is 5.96. The Labute approximate surface area is 101 Å². The lowest BCUT2D eigenvalue weighted by atomic mass is 10.1. The molecule has 0 bridgehead atoms. The normalized spacial score (nSPS) is 9.89. The van der Waals surface area contributed by atoms with Gasteiger partial charge >= 0.3 is 0 Å². The molecule has 0 radical (unpaired) electrons. The fourth-order valence-electron chi connectivity index (χ4n) is 1.30. The number of nitro benzene ring substituents is 1. The van der Waals surface area contributed by atoms with E-state index in [9.17, 15) is 24.1 Å². The minimum atomic E-state index is -0.901. The molecule has 0 aromatic heterocycles. The van der Waals surface area contributed by atoms with Crippen molar-refractivity contribution in [3.8, 4) is 0 Å². The summed E-state index contributed by atoms with van der Waals surface area (Å²) in [6, 6.07) is 2.58. The van der Waals surface area contributed by atoms with E-state index >= 15 is 0 Å². The van der Waals surface area contributed by atoms with Gasteiger partial charge in [0.25, 0.3) is 11.6 Å². The second-order valence-electron chi connectivity index (χ2n) is 3.55. The summed E-state index contributed by atoms with van der Waals surface area (Å²) in [5, 5.41) is 10.5. The average Bonchev–Trinajstić information content (AvgIpc) is 2.27. The highest BCUT2D eigenvalue weighted by Gasteiger charge is 2.20. The van der Waals surface area contributed by atoms with Gasteiger partial charge in [0.1, 0.15) is 5.82 Å². The van der Waals surface area contributed by atoms with Crippen LogP contribution in [0.2, 0.25) is 0 Å². The standard InChI is InChI=1S/C10H10FN3O4/c1-13(5-9(12)15)10(16)7-4-6(14(17)18)2-3-8(7)11/h2-4H,5H2,1H3,(H2,12,15). The molecular formula is C10H10FN3O4. The number of halogens is 1. The van der Waals surface area contributed by atoms with E-state index < -0.39 is 40.4 Å². The molecule has 0 saturated heterocycles. The van der Waals surface area contributed by atoms with Gasteiger partial charge in [-0.3, -0.25) is 19.7 Å². The van der Waals surface area contributed by atoms with Gasteiger partial charge in [0.2, 0.25) is 5.91 Å². The minimum Gasteiger partial charge on any atom is -0.368 e. The minimum absolute atomic E-state index is 0.402. The van der Waals surface area contributed by atoms with Crippen molar-refractivity contribution in [2.24, 2.45) is 5.73 Å². The molecule has 0 spiro atoms. The Hall–Kier alpha value is -2.51. The van der Waals surface area contributed by atoms with Crippen LogP contribution >= 0.6 is 0 Å². The third-order valence-electron chi connectivity index (χ3n) is 2.13. The first-order chi connectivity index (χ1) is 8.32. The first kappa shape index (κ1) is 13.6. The van der Waals surface area contributed by atoms with Crippen LogP contribution in [0.1, 0.15) is 10.4 Å². The molecule has 8 heteroatoms. The molecule has 0 fully saturated rings. The maximum atomic E-state index is 13.4. The predicted octanol–water partition coefficient (Wildman–Crippen LogP) is 0.291. The number of hydrogen-bond donors (Lipinski definition) is 1. The number of nitro groups is 1. The summed E-state index contributed by atoms with van der Waals surface area (Å²) >= 11 is 0. The highest BCUT2D eigenvalue weighted by Crippen LogP contribution is 2.18. The van der Waals surface area contributed by atoms with Crippen molar-refractivity contribution in [3.05, 3.63) is 39.7 Å². The number of likely N-dealkylation sites (N-methyl/N-ethyl adjacent to an activating group) is 1. The van der Waals surface area contributed by atoms with Gasteiger partial charge in [-0.05, 0) is 6.07 Å². The van der Waals surface area contributed by atoms with Crippen LogP contribution in [0.4, 0.5) is 10.1 Å². The van der Waals surface area contributed by atoms with E-state index in [0.717, 1.165) is 23.1 Å². The Kier molecular flexibility index (Phi) is 3.93. The fraction of sp³-hybridized carbons (Fsp3) is 0.200. The number of primary amides is 1. The summed E-state index contributed by atoms with van der Waals surface area (Å²) in [6.45, 7) is -0.402. The summed E-state index contributed by atoms with van der Waals surface area (Å²) in [5.74, 6) is -2.52. The van der Waals surface area contributed by atoms with E-state index in [-0.39, 0.29) is 0 Å². The predicted molar refractivity (Wildman–Crippen MR) is 59.2 cm³/mol. The maximum Gasteiger partial charge on any atom is 0.270 e. The van der Waals surface area contributed by atoms with Gasteiger partial charge in [0, 0.05) is 19.2 Å². The van der Waals surface area contributed by atoms with E-state index in [0.29, 0.717) is 0 Å². The number of carbonyl (C=O) groups excluding carboxylic acids is 2. The Morgan fingerprint density at radius 3 is 2.61 bits per heavy atom. The van der Waals surface area contributed by atoms with Crippen molar-refractivity contribution in [1.82, 2.24) is 4.90 Å². The van der Waals surface area contributed by atoms with Crippen LogP contribution in [-0.2, 0) is 4.79 Å². The van der Waals surface area contributed by atoms with Crippen LogP contribution in [-0.4, -0.2) is 35.2 Å². The van der Waals surface area contributed by atoms with Crippen molar-refractivity contribution in [1.29, 1.82) is 0 Å². The third kappa shape index (κ3) is 3.00. The Bertz CT molecular complexity index is 518. The van der Waals surface area contributed by atoms with E-state index in [1.165, 1.54) is 7.05 Å². The molecule has 7 nitrogen and oxygen atoms in total. The molecule has 0 unspecified atom stereocenters. The van der Waals surface area contributed by atoms with Crippen molar-refractivity contribution < 1.29 is 18.9 Å². The molecule has 96 valence electrons. The maximum absolute atomic E-state index is 13.4. The molecule has 0 aliphatic heterocycles. The number of nitrogens with zero attached hydrogens (tertiary/aromatic N) is 2. The van der Waals surface area contributed by atoms with Crippen LogP contribution in [0.15, 0.2) is 18.2 Å². The summed E-state index contributed by atoms with van der Waals surface area (Å²) in [5.41, 5.74) is 4.00. The average molecular weight is 255 g/mol. The molecule has 2 N–H and O–H groups in total. The summed E-state index contributed by atoms with van der Waals surface area (Å²) in [7, 11) is 1.24. The van der Waals surface area contributed by atoms with Gasteiger partial charge in [0.05, 0.1) is 17.0 Å². The van der Waals surface area contributed by atoms with Crippen LogP contribution in [0, 0.1) is 15.9 Å². The third-order valence-corrected chi connectivity index (χ3v) is 2.13. The highest BCUT2D eigenvalue weighted by atomic mass is 19.1. The molecule has 2 amide bonds. The van der Waals surface area contributed by atoms with Crippen LogP contribution < -0.4 is 5.73 Å². The molecule has 1 aromatic carbocycles. The van der Waals surface area contributed by atoms with E-state index in [2.05, 4.69) is 0 Å². The zero-order valence-corrected chi connectivity index (χ0v) is 9.42. The van der Waals surface area contributed by atoms with Gasteiger partial charge in [-0.25, -0.2) is 4.39 Å². The first-order valence-corrected chi connectivity index (χ1v) is 4.80. The fourth-order valence-corrected chi connectivity index (χ4v) is 1.30. The SMILES string of the molecule is CN(CC(N)=O)C(=O)c1cc([N+](=O)[O-])ccc1F. The molecule has 0 heterocycles. The lowest BCUT2D eigenvalue weighted by Gasteiger charge is -2.15. The van der Waals surface area contributed by atoms with Gasteiger partial charge in [0.15, 0.2) is 0 Å². The summed E-state index contributed by atoms with van der Waals surface area (Å²) in [4.78, 5) is 33.0. The van der Waals surface area contributed by atoms with Crippen molar-refractivity contribution >= 4 is 17.5 Å². The zero-order chi connectivity index (χ0) is 13.9. The van der Waals surface area contributed by atoms with Gasteiger partial charge < -0.3 is 10.6 Å². The molecule has 0 atom stereocenters. The number of carbonyl (C=O) groups is 2. The summed E-state index contributed by atoms with van der Waals surface area (Å²) < 4.78 is 13.4. The molecule has 0 saturated carbocycles. The molecule has 1 rings (SSSR count). The largest absolute Gasteiger partial charge is 0.368 e. The monoisotopic (exact) mass is 255 g/mol. The Balaban J connectivity index is 3.08. The van der Waals surface area contributed by atoms with Gasteiger partial charge in [-0.2, -0.15) is 0 Å². The molecule has 0 aliphatic carbocycles. The van der Waals surface area contributed by atoms with E-state index in [1.54, 1.807) is 0 Å². The number of nitrogens with two attached hydrogens (primary N) is 1. The quantitative estimate of drug-likeness (QED) is 0.616. The number of non-ortho nitro benzene ring substituents is 1. The Morgan fingerprint density at radius 1 is 1.50 bits per heavy atom. The van der Waals surface area contributed by atoms with Crippen LogP contribution in [0.5, 0.6) is 0 Å². The second kappa shape index (κ2) is 5.21. The second-order valence-corrected chi connectivity index (χ2v) is 3.55. The lowest BCUT2D eigenvalue weighted by Crippen LogP contribution is -2.35. The van der Waals surface area contributed by atoms with E-state index in [1.807, 2.05) is 0 Å². The van der Waals surface area contributed by atoms with Crippen LogP contribution in [0.25, 0.3) is 0 Å². The van der Waals surface area contributed by atoms with Gasteiger partial charge in [-0.1, -0.05) is 0 Å². The first-order valence-electron chi connectivity index (χ1n) is 4.80. The van der Waals surface area contributed by atoms with Gasteiger partial charge in [-0.15, -0.1) is 0 Å². The smallest absolute Gasteiger partial charge is 0.270 e. The molecule has 18 heavy (non-hydrogen) atoms. The Morgan fingerprint density at radius 2 is 2.11 bits per heavy atom. The topological polar surface area (TPSA) is 107 Å². The number of amides is 2. The molecular weight excluding hydrogens is 245 g/mol. The summed E-state index contributed by atoms with van der Waals surface area (Å²) in [6.07, 6.45) is 0. The van der Waals surface area contributed by atoms with Crippen molar-refractivity contribution in [2.45, 2.75) is 0 Å². The van der Waals surface area contributed by atoms with E-state index in [4.69, 9.17) is 5.73 Å². The van der Waals surface area contributed by atoms with Crippen LogP contribution in [0.3, 0.4) is 0 Å². The van der Waals surface area contributed by atoms with Crippen molar-refractivity contribution in [3.63, 3.8) is 0 Å². The zero-order valence-electron chi connectivity index (χ0n) is 9.42.